The van der Waals surface area contributed by atoms with Crippen molar-refractivity contribution in [1.82, 2.24) is 10.2 Å². The quantitative estimate of drug-likeness (QED) is 0.670. The molecule has 0 unspecified atom stereocenters. The molecule has 3 N–H and O–H groups in total. The third kappa shape index (κ3) is 7.12. The Kier molecular flexibility index (Phi) is 6.97. The van der Waals surface area contributed by atoms with Crippen molar-refractivity contribution in [2.24, 2.45) is 0 Å². The molecule has 6 heteroatoms. The number of nitrogens with one attached hydrogen (secondary N) is 2. The van der Waals surface area contributed by atoms with Gasteiger partial charge in [-0.25, -0.2) is 9.59 Å². The molecule has 0 bridgehead atoms. The summed E-state index contributed by atoms with van der Waals surface area (Å²) >= 11 is 0. The number of amides is 2. The van der Waals surface area contributed by atoms with Gasteiger partial charge >= 0.3 is 12.0 Å². The smallest absolute Gasteiger partial charge is 0.328 e. The van der Waals surface area contributed by atoms with Gasteiger partial charge in [-0.3, -0.25) is 0 Å². The van der Waals surface area contributed by atoms with Gasteiger partial charge in [0, 0.05) is 24.9 Å². The molecule has 0 aromatic heterocycles. The highest BCUT2D eigenvalue weighted by atomic mass is 16.4. The van der Waals surface area contributed by atoms with E-state index in [4.69, 9.17) is 5.11 Å². The van der Waals surface area contributed by atoms with Crippen LogP contribution < -0.4 is 10.6 Å². The molecular weight excluding hydrogens is 270 g/mol. The first-order chi connectivity index (χ1) is 10.0. The minimum atomic E-state index is -0.992. The molecule has 1 aromatic carbocycles. The van der Waals surface area contributed by atoms with Crippen LogP contribution in [0.25, 0.3) is 6.08 Å². The van der Waals surface area contributed by atoms with Crippen molar-refractivity contribution in [3.05, 3.63) is 35.9 Å². The second-order valence-corrected chi connectivity index (χ2v) is 4.57. The van der Waals surface area contributed by atoms with Crippen LogP contribution in [-0.4, -0.2) is 48.7 Å². The van der Waals surface area contributed by atoms with E-state index in [-0.39, 0.29) is 6.03 Å². The summed E-state index contributed by atoms with van der Waals surface area (Å²) in [5, 5.41) is 14.0. The second-order valence-electron chi connectivity index (χ2n) is 4.57. The molecule has 0 radical (unpaired) electrons. The summed E-state index contributed by atoms with van der Waals surface area (Å²) in [4.78, 5) is 24.2. The minimum absolute atomic E-state index is 0.256. The normalized spacial score (nSPS) is 10.8. The first kappa shape index (κ1) is 16.7. The Hall–Kier alpha value is -2.34. The van der Waals surface area contributed by atoms with E-state index in [2.05, 4.69) is 22.5 Å². The van der Waals surface area contributed by atoms with Crippen molar-refractivity contribution in [3.63, 3.8) is 0 Å². The van der Waals surface area contributed by atoms with Crippen LogP contribution in [0.4, 0.5) is 10.5 Å². The first-order valence-corrected chi connectivity index (χ1v) is 6.75. The van der Waals surface area contributed by atoms with Crippen LogP contribution in [-0.2, 0) is 4.79 Å². The minimum Gasteiger partial charge on any atom is -0.478 e. The molecular formula is C15H21N3O3. The zero-order valence-corrected chi connectivity index (χ0v) is 12.3. The van der Waals surface area contributed by atoms with Crippen molar-refractivity contribution in [2.45, 2.75) is 6.92 Å². The molecule has 0 heterocycles. The zero-order chi connectivity index (χ0) is 15.7. The average Bonchev–Trinajstić information content (AvgIpc) is 2.46. The van der Waals surface area contributed by atoms with Crippen LogP contribution in [0.2, 0.25) is 0 Å². The monoisotopic (exact) mass is 291 g/mol. The van der Waals surface area contributed by atoms with Gasteiger partial charge < -0.3 is 20.6 Å². The third-order valence-electron chi connectivity index (χ3n) is 2.91. The molecule has 0 fully saturated rings. The maximum absolute atomic E-state index is 11.6. The number of carboxylic acids is 1. The molecule has 0 atom stereocenters. The van der Waals surface area contributed by atoms with E-state index in [0.717, 1.165) is 24.7 Å². The van der Waals surface area contributed by atoms with Gasteiger partial charge in [-0.05, 0) is 37.4 Å². The molecule has 6 nitrogen and oxygen atoms in total. The Morgan fingerprint density at radius 3 is 2.52 bits per heavy atom. The Bertz CT molecular complexity index is 497. The summed E-state index contributed by atoms with van der Waals surface area (Å²) in [7, 11) is 1.99. The summed E-state index contributed by atoms with van der Waals surface area (Å²) in [6.07, 6.45) is 2.56. The van der Waals surface area contributed by atoms with E-state index in [0.29, 0.717) is 12.2 Å². The highest BCUT2D eigenvalue weighted by molar-refractivity contribution is 5.89. The van der Waals surface area contributed by atoms with E-state index in [1.54, 1.807) is 24.3 Å². The predicted octanol–water partition coefficient (Wildman–Crippen LogP) is 1.86. The van der Waals surface area contributed by atoms with Gasteiger partial charge in [0.25, 0.3) is 0 Å². The van der Waals surface area contributed by atoms with Crippen LogP contribution in [0.1, 0.15) is 12.5 Å². The van der Waals surface area contributed by atoms with Gasteiger partial charge in [0.1, 0.15) is 0 Å². The molecule has 114 valence electrons. The van der Waals surface area contributed by atoms with Gasteiger partial charge in [-0.1, -0.05) is 19.1 Å². The number of rotatable bonds is 7. The van der Waals surface area contributed by atoms with E-state index in [9.17, 15) is 9.59 Å². The fourth-order valence-electron chi connectivity index (χ4n) is 1.54. The Morgan fingerprint density at radius 2 is 1.95 bits per heavy atom. The van der Waals surface area contributed by atoms with Crippen LogP contribution in [0, 0.1) is 0 Å². The number of likely N-dealkylation sites (N-methyl/N-ethyl adjacent to an activating group) is 1. The standard InChI is InChI=1S/C15H21N3O3/c1-3-18(2)11-10-16-15(21)17-13-7-4-12(5-8-13)6-9-14(19)20/h4-9H,3,10-11H2,1-2H3,(H,19,20)(H2,16,17,21). The van der Waals surface area contributed by atoms with E-state index >= 15 is 0 Å². The Balaban J connectivity index is 2.41. The fraction of sp³-hybridized carbons (Fsp3) is 0.333. The molecule has 0 aliphatic heterocycles. The number of carbonyl (C=O) groups is 2. The molecule has 1 aromatic rings. The van der Waals surface area contributed by atoms with Crippen LogP contribution >= 0.6 is 0 Å². The van der Waals surface area contributed by atoms with Crippen LogP contribution in [0.5, 0.6) is 0 Å². The van der Waals surface area contributed by atoms with Crippen molar-refractivity contribution < 1.29 is 14.7 Å². The van der Waals surface area contributed by atoms with Gasteiger partial charge in [-0.15, -0.1) is 0 Å². The van der Waals surface area contributed by atoms with Gasteiger partial charge in [-0.2, -0.15) is 0 Å². The molecule has 0 saturated heterocycles. The first-order valence-electron chi connectivity index (χ1n) is 6.75. The van der Waals surface area contributed by atoms with Gasteiger partial charge in [0.15, 0.2) is 0 Å². The van der Waals surface area contributed by atoms with E-state index in [1.165, 1.54) is 6.08 Å². The number of hydrogen-bond donors (Lipinski definition) is 3. The largest absolute Gasteiger partial charge is 0.478 e. The van der Waals surface area contributed by atoms with Gasteiger partial charge in [0.2, 0.25) is 0 Å². The average molecular weight is 291 g/mol. The SMILES string of the molecule is CCN(C)CCNC(=O)Nc1ccc(C=CC(=O)O)cc1. The molecule has 1 rings (SSSR count). The summed E-state index contributed by atoms with van der Waals surface area (Å²) in [5.74, 6) is -0.992. The summed E-state index contributed by atoms with van der Waals surface area (Å²) in [6.45, 7) is 4.37. The number of urea groups is 1. The van der Waals surface area contributed by atoms with E-state index < -0.39 is 5.97 Å². The second kappa shape index (κ2) is 8.76. The van der Waals surface area contributed by atoms with Gasteiger partial charge in [0.05, 0.1) is 0 Å². The zero-order valence-electron chi connectivity index (χ0n) is 12.3. The number of aliphatic carboxylic acids is 1. The van der Waals surface area contributed by atoms with Crippen molar-refractivity contribution in [2.75, 3.05) is 32.0 Å². The lowest BCUT2D eigenvalue weighted by Crippen LogP contribution is -2.35. The highest BCUT2D eigenvalue weighted by Gasteiger charge is 2.01. The fourth-order valence-corrected chi connectivity index (χ4v) is 1.54. The molecule has 21 heavy (non-hydrogen) atoms. The Morgan fingerprint density at radius 1 is 1.29 bits per heavy atom. The highest BCUT2D eigenvalue weighted by Crippen LogP contribution is 2.10. The maximum atomic E-state index is 11.6. The molecule has 0 aliphatic rings. The number of benzene rings is 1. The van der Waals surface area contributed by atoms with Crippen LogP contribution in [0.3, 0.4) is 0 Å². The molecule has 0 spiro atoms. The molecule has 2 amide bonds. The van der Waals surface area contributed by atoms with E-state index in [1.807, 2.05) is 7.05 Å². The molecule has 0 aliphatic carbocycles. The predicted molar refractivity (Wildman–Crippen MR) is 83.3 cm³/mol. The summed E-state index contributed by atoms with van der Waals surface area (Å²) in [6, 6.07) is 6.66. The van der Waals surface area contributed by atoms with Crippen molar-refractivity contribution in [1.29, 1.82) is 0 Å². The topological polar surface area (TPSA) is 81.7 Å². The van der Waals surface area contributed by atoms with Crippen molar-refractivity contribution >= 4 is 23.8 Å². The lowest BCUT2D eigenvalue weighted by Gasteiger charge is -2.14. The van der Waals surface area contributed by atoms with Crippen molar-refractivity contribution in [3.8, 4) is 0 Å². The summed E-state index contributed by atoms with van der Waals surface area (Å²) in [5.41, 5.74) is 1.41. The number of anilines is 1. The number of carboxylic acid groups (broad SMARTS) is 1. The lowest BCUT2D eigenvalue weighted by molar-refractivity contribution is -0.131. The maximum Gasteiger partial charge on any atom is 0.328 e. The third-order valence-corrected chi connectivity index (χ3v) is 2.91. The van der Waals surface area contributed by atoms with Crippen LogP contribution in [0.15, 0.2) is 30.3 Å². The summed E-state index contributed by atoms with van der Waals surface area (Å²) < 4.78 is 0. The molecule has 0 saturated carbocycles. The lowest BCUT2D eigenvalue weighted by atomic mass is 10.2. The number of nitrogens with zero attached hydrogens (tertiary/aromatic N) is 1. The number of hydrogen-bond acceptors (Lipinski definition) is 3. The Labute approximate surface area is 124 Å². The number of carbonyl (C=O) groups excluding carboxylic acids is 1.